The molecule has 0 spiro atoms. The van der Waals surface area contributed by atoms with E-state index in [1.807, 2.05) is 0 Å². The normalized spacial score (nSPS) is 15.9. The van der Waals surface area contributed by atoms with Crippen molar-refractivity contribution in [3.63, 3.8) is 0 Å². The highest BCUT2D eigenvalue weighted by Gasteiger charge is 2.24. The van der Waals surface area contributed by atoms with Gasteiger partial charge in [-0.05, 0) is 18.8 Å². The van der Waals surface area contributed by atoms with Gasteiger partial charge in [0.25, 0.3) is 0 Å². The van der Waals surface area contributed by atoms with Crippen molar-refractivity contribution in [3.8, 4) is 0 Å². The Morgan fingerprint density at radius 3 is 1.86 bits per heavy atom. The van der Waals surface area contributed by atoms with Gasteiger partial charge >= 0.3 is 0 Å². The van der Waals surface area contributed by atoms with E-state index in [1.165, 1.54) is 32.1 Å². The molecular weight excluding hydrogens is 264 g/mol. The molecule has 0 aromatic carbocycles. The van der Waals surface area contributed by atoms with Crippen LogP contribution < -0.4 is 10.6 Å². The second-order valence-electron chi connectivity index (χ2n) is 5.35. The molecule has 1 aliphatic rings. The first kappa shape index (κ1) is 13.7. The van der Waals surface area contributed by atoms with Crippen LogP contribution >= 0.6 is 0 Å². The predicted octanol–water partition coefficient (Wildman–Crippen LogP) is 2.70. The van der Waals surface area contributed by atoms with Gasteiger partial charge in [-0.3, -0.25) is 9.97 Å². The molecular formula is C15H20N6. The Hall–Kier alpha value is -2.24. The molecule has 6 heteroatoms. The molecule has 2 heterocycles. The molecule has 0 radical (unpaired) electrons. The maximum atomic E-state index is 4.31. The van der Waals surface area contributed by atoms with Gasteiger partial charge in [0.15, 0.2) is 0 Å². The molecule has 21 heavy (non-hydrogen) atoms. The van der Waals surface area contributed by atoms with Crippen molar-refractivity contribution in [2.24, 2.45) is 5.92 Å². The lowest BCUT2D eigenvalue weighted by molar-refractivity contribution is 0.332. The van der Waals surface area contributed by atoms with Gasteiger partial charge in [0.1, 0.15) is 17.8 Å². The lowest BCUT2D eigenvalue weighted by Gasteiger charge is -2.32. The van der Waals surface area contributed by atoms with Crippen LogP contribution in [0.15, 0.2) is 37.2 Å². The minimum atomic E-state index is 0.0960. The minimum Gasteiger partial charge on any atom is -0.349 e. The van der Waals surface area contributed by atoms with Crippen molar-refractivity contribution in [1.29, 1.82) is 0 Å². The molecule has 3 rings (SSSR count). The number of hydrogen-bond acceptors (Lipinski definition) is 6. The van der Waals surface area contributed by atoms with Crippen molar-refractivity contribution in [2.45, 2.75) is 38.3 Å². The van der Waals surface area contributed by atoms with Gasteiger partial charge in [-0.2, -0.15) is 0 Å². The fourth-order valence-electron chi connectivity index (χ4n) is 2.81. The maximum Gasteiger partial charge on any atom is 0.146 e. The first-order valence-corrected chi connectivity index (χ1v) is 7.47. The lowest BCUT2D eigenvalue weighted by Crippen LogP contribution is -2.38. The molecule has 1 fully saturated rings. The molecule has 1 saturated carbocycles. The summed E-state index contributed by atoms with van der Waals surface area (Å²) >= 11 is 0. The van der Waals surface area contributed by atoms with Gasteiger partial charge in [0, 0.05) is 24.8 Å². The Bertz CT molecular complexity index is 485. The van der Waals surface area contributed by atoms with Crippen LogP contribution in [0, 0.1) is 5.92 Å². The van der Waals surface area contributed by atoms with E-state index in [4.69, 9.17) is 0 Å². The minimum absolute atomic E-state index is 0.0960. The molecule has 0 bridgehead atoms. The quantitative estimate of drug-likeness (QED) is 0.822. The Balaban J connectivity index is 1.73. The van der Waals surface area contributed by atoms with Crippen molar-refractivity contribution in [2.75, 3.05) is 10.6 Å². The highest BCUT2D eigenvalue weighted by molar-refractivity contribution is 5.39. The summed E-state index contributed by atoms with van der Waals surface area (Å²) < 4.78 is 0. The molecule has 0 atom stereocenters. The predicted molar refractivity (Wildman–Crippen MR) is 81.7 cm³/mol. The summed E-state index contributed by atoms with van der Waals surface area (Å²) in [6.45, 7) is 0. The SMILES string of the molecule is c1cnc(NC(Nc2cnccn2)C2CCCCC2)cn1. The molecule has 6 nitrogen and oxygen atoms in total. The topological polar surface area (TPSA) is 75.6 Å². The zero-order chi connectivity index (χ0) is 14.3. The largest absolute Gasteiger partial charge is 0.349 e. The first-order chi connectivity index (χ1) is 10.4. The molecule has 0 aliphatic heterocycles. The molecule has 1 aliphatic carbocycles. The van der Waals surface area contributed by atoms with E-state index in [2.05, 4.69) is 30.6 Å². The highest BCUT2D eigenvalue weighted by atomic mass is 15.2. The number of anilines is 2. The second-order valence-corrected chi connectivity index (χ2v) is 5.35. The van der Waals surface area contributed by atoms with Crippen LogP contribution in [0.3, 0.4) is 0 Å². The standard InChI is InChI=1S/C15H20N6/c1-2-4-12(5-3-1)15(20-13-10-16-6-8-18-13)21-14-11-17-7-9-19-14/h6-12,15H,1-5H2,(H,18,20)(H,19,21). The van der Waals surface area contributed by atoms with E-state index in [1.54, 1.807) is 37.2 Å². The smallest absolute Gasteiger partial charge is 0.146 e. The third-order valence-electron chi connectivity index (χ3n) is 3.85. The van der Waals surface area contributed by atoms with E-state index in [9.17, 15) is 0 Å². The summed E-state index contributed by atoms with van der Waals surface area (Å²) in [6, 6.07) is 0. The summed E-state index contributed by atoms with van der Waals surface area (Å²) in [5.41, 5.74) is 0. The molecule has 110 valence electrons. The maximum absolute atomic E-state index is 4.31. The molecule has 2 aromatic rings. The third kappa shape index (κ3) is 3.87. The molecule has 0 saturated heterocycles. The van der Waals surface area contributed by atoms with Crippen LogP contribution in [0.1, 0.15) is 32.1 Å². The number of nitrogens with one attached hydrogen (secondary N) is 2. The Labute approximate surface area is 124 Å². The number of aromatic nitrogens is 4. The monoisotopic (exact) mass is 284 g/mol. The van der Waals surface area contributed by atoms with Gasteiger partial charge in [-0.25, -0.2) is 9.97 Å². The van der Waals surface area contributed by atoms with Gasteiger partial charge < -0.3 is 10.6 Å². The van der Waals surface area contributed by atoms with Crippen LogP contribution in [-0.4, -0.2) is 26.1 Å². The van der Waals surface area contributed by atoms with Gasteiger partial charge in [-0.1, -0.05) is 19.3 Å². The summed E-state index contributed by atoms with van der Waals surface area (Å²) in [4.78, 5) is 16.8. The summed E-state index contributed by atoms with van der Waals surface area (Å²) in [5, 5.41) is 6.89. The fourth-order valence-corrected chi connectivity index (χ4v) is 2.81. The van der Waals surface area contributed by atoms with E-state index < -0.39 is 0 Å². The molecule has 2 aromatic heterocycles. The van der Waals surface area contributed by atoms with Crippen LogP contribution in [0.2, 0.25) is 0 Å². The zero-order valence-electron chi connectivity index (χ0n) is 11.9. The van der Waals surface area contributed by atoms with Crippen LogP contribution in [0.4, 0.5) is 11.6 Å². The first-order valence-electron chi connectivity index (χ1n) is 7.47. The van der Waals surface area contributed by atoms with E-state index in [0.717, 1.165) is 11.6 Å². The zero-order valence-corrected chi connectivity index (χ0v) is 11.9. The van der Waals surface area contributed by atoms with Crippen molar-refractivity contribution >= 4 is 11.6 Å². The summed E-state index contributed by atoms with van der Waals surface area (Å²) in [5.74, 6) is 2.12. The second kappa shape index (κ2) is 6.97. The Morgan fingerprint density at radius 1 is 0.810 bits per heavy atom. The van der Waals surface area contributed by atoms with Crippen molar-refractivity contribution in [3.05, 3.63) is 37.2 Å². The number of rotatable bonds is 5. The summed E-state index contributed by atoms with van der Waals surface area (Å²) in [7, 11) is 0. The lowest BCUT2D eigenvalue weighted by atomic mass is 9.87. The van der Waals surface area contributed by atoms with E-state index in [0.29, 0.717) is 5.92 Å². The van der Waals surface area contributed by atoms with Gasteiger partial charge in [0.2, 0.25) is 0 Å². The average molecular weight is 284 g/mol. The van der Waals surface area contributed by atoms with Gasteiger partial charge in [0.05, 0.1) is 12.4 Å². The van der Waals surface area contributed by atoms with Crippen LogP contribution in [0.25, 0.3) is 0 Å². The Morgan fingerprint density at radius 2 is 1.38 bits per heavy atom. The average Bonchev–Trinajstić information content (AvgIpc) is 2.57. The number of hydrogen-bond donors (Lipinski definition) is 2. The molecule has 0 amide bonds. The van der Waals surface area contributed by atoms with Gasteiger partial charge in [-0.15, -0.1) is 0 Å². The highest BCUT2D eigenvalue weighted by Crippen LogP contribution is 2.28. The van der Waals surface area contributed by atoms with Crippen LogP contribution in [-0.2, 0) is 0 Å². The molecule has 2 N–H and O–H groups in total. The van der Waals surface area contributed by atoms with Crippen molar-refractivity contribution < 1.29 is 0 Å². The van der Waals surface area contributed by atoms with Crippen molar-refractivity contribution in [1.82, 2.24) is 19.9 Å². The van der Waals surface area contributed by atoms with Crippen LogP contribution in [0.5, 0.6) is 0 Å². The van der Waals surface area contributed by atoms with E-state index >= 15 is 0 Å². The fraction of sp³-hybridized carbons (Fsp3) is 0.467. The summed E-state index contributed by atoms with van der Waals surface area (Å²) in [6.07, 6.45) is 16.7. The Kier molecular flexibility index (Phi) is 4.55. The van der Waals surface area contributed by atoms with E-state index in [-0.39, 0.29) is 6.17 Å². The third-order valence-corrected chi connectivity index (χ3v) is 3.85. The molecule has 0 unspecified atom stereocenters. The number of nitrogens with zero attached hydrogens (tertiary/aromatic N) is 4.